The van der Waals surface area contributed by atoms with Crippen LogP contribution < -0.4 is 5.32 Å². The molecule has 7 atom stereocenters. The summed E-state index contributed by atoms with van der Waals surface area (Å²) in [7, 11) is 0. The highest BCUT2D eigenvalue weighted by molar-refractivity contribution is 6.30. The van der Waals surface area contributed by atoms with E-state index in [1.54, 1.807) is 24.3 Å². The summed E-state index contributed by atoms with van der Waals surface area (Å²) in [5.41, 5.74) is 1.44. The number of halogens is 1. The van der Waals surface area contributed by atoms with E-state index in [2.05, 4.69) is 17.5 Å². The molecule has 7 rings (SSSR count). The van der Waals surface area contributed by atoms with Crippen LogP contribution in [0.3, 0.4) is 0 Å². The molecule has 2 aromatic carbocycles. The van der Waals surface area contributed by atoms with Gasteiger partial charge in [0.15, 0.2) is 0 Å². The molecule has 32 heavy (non-hydrogen) atoms. The van der Waals surface area contributed by atoms with E-state index in [1.165, 1.54) is 4.90 Å². The fraction of sp³-hybridized carbons (Fsp3) is 0.346. The summed E-state index contributed by atoms with van der Waals surface area (Å²) in [6, 6.07) is 15.5. The average molecular weight is 447 g/mol. The van der Waals surface area contributed by atoms with Crippen LogP contribution >= 0.6 is 11.6 Å². The Morgan fingerprint density at radius 1 is 0.969 bits per heavy atom. The van der Waals surface area contributed by atoms with Gasteiger partial charge in [-0.25, -0.2) is 0 Å². The number of nitrogens with one attached hydrogen (secondary N) is 1. The minimum absolute atomic E-state index is 0.129. The van der Waals surface area contributed by atoms with Crippen molar-refractivity contribution in [2.45, 2.75) is 18.9 Å². The topological polar surface area (TPSA) is 66.5 Å². The van der Waals surface area contributed by atoms with Crippen molar-refractivity contribution in [3.8, 4) is 0 Å². The van der Waals surface area contributed by atoms with Crippen molar-refractivity contribution < 1.29 is 14.4 Å². The van der Waals surface area contributed by atoms with E-state index in [0.29, 0.717) is 22.5 Å². The number of carbonyl (C=O) groups excluding carboxylic acids is 3. The van der Waals surface area contributed by atoms with Crippen molar-refractivity contribution >= 4 is 35.0 Å². The van der Waals surface area contributed by atoms with E-state index >= 15 is 0 Å². The van der Waals surface area contributed by atoms with E-state index in [-0.39, 0.29) is 47.8 Å². The quantitative estimate of drug-likeness (QED) is 0.558. The number of allylic oxidation sites excluding steroid dienone is 2. The molecule has 1 aliphatic heterocycles. The molecule has 3 fully saturated rings. The highest BCUT2D eigenvalue weighted by atomic mass is 35.5. The van der Waals surface area contributed by atoms with Crippen LogP contribution in [-0.4, -0.2) is 28.7 Å². The predicted octanol–water partition coefficient (Wildman–Crippen LogP) is 3.94. The lowest BCUT2D eigenvalue weighted by Crippen LogP contribution is -2.49. The van der Waals surface area contributed by atoms with Gasteiger partial charge >= 0.3 is 0 Å². The van der Waals surface area contributed by atoms with Gasteiger partial charge in [0.25, 0.3) is 0 Å². The molecule has 162 valence electrons. The Kier molecular flexibility index (Phi) is 4.51. The molecular weight excluding hydrogens is 424 g/mol. The summed E-state index contributed by atoms with van der Waals surface area (Å²) < 4.78 is 0. The number of amides is 3. The number of hydrogen-bond donors (Lipinski definition) is 1. The number of imide groups is 1. The highest BCUT2D eigenvalue weighted by Crippen LogP contribution is 2.65. The monoisotopic (exact) mass is 446 g/mol. The molecule has 5 aliphatic rings. The van der Waals surface area contributed by atoms with Crippen LogP contribution in [0.15, 0.2) is 66.7 Å². The van der Waals surface area contributed by atoms with E-state index < -0.39 is 6.04 Å². The number of carbonyl (C=O) groups is 3. The Morgan fingerprint density at radius 2 is 1.62 bits per heavy atom. The second-order valence-electron chi connectivity index (χ2n) is 9.41. The zero-order valence-corrected chi connectivity index (χ0v) is 18.1. The number of benzene rings is 2. The Hall–Kier alpha value is -2.92. The standard InChI is InChI=1S/C26H23ClN2O3/c27-15-7-4-8-16(12-15)28-24(30)21(11-14-5-2-1-3-6-14)29-25(31)22-17-9-10-18(20-13-19(17)20)23(22)26(29)32/h1-10,12,17-23H,11,13H2,(H,28,30)/t17-,18-,19-,20-,21-,22+,23+/m0/s1. The maximum Gasteiger partial charge on any atom is 0.248 e. The minimum atomic E-state index is -0.905. The van der Waals surface area contributed by atoms with Gasteiger partial charge in [-0.2, -0.15) is 0 Å². The number of anilines is 1. The maximum absolute atomic E-state index is 13.6. The molecule has 1 saturated heterocycles. The third-order valence-corrected chi connectivity index (χ3v) is 7.91. The fourth-order valence-electron chi connectivity index (χ4n) is 6.22. The van der Waals surface area contributed by atoms with E-state index in [9.17, 15) is 14.4 Å². The van der Waals surface area contributed by atoms with Gasteiger partial charge < -0.3 is 5.32 Å². The average Bonchev–Trinajstić information content (AvgIpc) is 3.57. The van der Waals surface area contributed by atoms with Crippen LogP contribution in [0.25, 0.3) is 0 Å². The summed E-state index contributed by atoms with van der Waals surface area (Å²) in [6.45, 7) is 0. The molecule has 2 aromatic rings. The Balaban J connectivity index is 1.33. The fourth-order valence-corrected chi connectivity index (χ4v) is 6.41. The van der Waals surface area contributed by atoms with Crippen molar-refractivity contribution in [2.75, 3.05) is 5.32 Å². The van der Waals surface area contributed by atoms with Gasteiger partial charge in [-0.1, -0.05) is 60.2 Å². The molecule has 2 bridgehead atoms. The lowest BCUT2D eigenvalue weighted by Gasteiger charge is -2.37. The second-order valence-corrected chi connectivity index (χ2v) is 9.84. The molecule has 5 nitrogen and oxygen atoms in total. The number of nitrogens with zero attached hydrogens (tertiary/aromatic N) is 1. The van der Waals surface area contributed by atoms with Gasteiger partial charge in [-0.05, 0) is 53.9 Å². The molecule has 1 N–H and O–H groups in total. The first-order valence-corrected chi connectivity index (χ1v) is 11.6. The first kappa shape index (κ1) is 19.7. The van der Waals surface area contributed by atoms with Crippen LogP contribution in [0.4, 0.5) is 5.69 Å². The van der Waals surface area contributed by atoms with E-state index in [1.807, 2.05) is 30.3 Å². The van der Waals surface area contributed by atoms with Crippen molar-refractivity contribution in [3.63, 3.8) is 0 Å². The van der Waals surface area contributed by atoms with Gasteiger partial charge in [-0.15, -0.1) is 0 Å². The number of hydrogen-bond acceptors (Lipinski definition) is 3. The molecule has 0 unspecified atom stereocenters. The first-order chi connectivity index (χ1) is 15.5. The molecule has 6 heteroatoms. The minimum Gasteiger partial charge on any atom is -0.324 e. The predicted molar refractivity (Wildman–Crippen MR) is 121 cm³/mol. The van der Waals surface area contributed by atoms with Crippen molar-refractivity contribution in [2.24, 2.45) is 35.5 Å². The number of likely N-dealkylation sites (tertiary alicyclic amines) is 1. The Morgan fingerprint density at radius 3 is 2.25 bits per heavy atom. The van der Waals surface area contributed by atoms with Crippen molar-refractivity contribution in [1.29, 1.82) is 0 Å². The summed E-state index contributed by atoms with van der Waals surface area (Å²) in [5, 5.41) is 3.38. The smallest absolute Gasteiger partial charge is 0.248 e. The largest absolute Gasteiger partial charge is 0.324 e. The third-order valence-electron chi connectivity index (χ3n) is 7.68. The zero-order chi connectivity index (χ0) is 22.0. The SMILES string of the molecule is O=C(Nc1cccc(Cl)c1)[C@H](Cc1ccccc1)N1C(=O)[C@@H]2[C@H]3C=C[C@@H]([C@@H]4C[C@@H]34)[C@H]2C1=O. The maximum atomic E-state index is 13.6. The molecule has 0 spiro atoms. The highest BCUT2D eigenvalue weighted by Gasteiger charge is 2.67. The molecule has 2 saturated carbocycles. The van der Waals surface area contributed by atoms with Crippen molar-refractivity contribution in [3.05, 3.63) is 77.3 Å². The van der Waals surface area contributed by atoms with Gasteiger partial charge in [0.2, 0.25) is 17.7 Å². The summed E-state index contributed by atoms with van der Waals surface area (Å²) in [6.07, 6.45) is 5.68. The summed E-state index contributed by atoms with van der Waals surface area (Å²) in [4.78, 5) is 42.0. The molecule has 1 heterocycles. The van der Waals surface area contributed by atoms with Gasteiger partial charge in [-0.3, -0.25) is 19.3 Å². The zero-order valence-electron chi connectivity index (χ0n) is 17.4. The molecule has 4 aliphatic carbocycles. The second kappa shape index (κ2) is 7.31. The Labute approximate surface area is 191 Å². The summed E-state index contributed by atoms with van der Waals surface area (Å²) in [5.74, 6) is -0.0843. The van der Waals surface area contributed by atoms with Crippen LogP contribution in [0.1, 0.15) is 12.0 Å². The lowest BCUT2D eigenvalue weighted by atomic mass is 9.63. The molecule has 0 radical (unpaired) electrons. The van der Waals surface area contributed by atoms with Gasteiger partial charge in [0.05, 0.1) is 11.8 Å². The van der Waals surface area contributed by atoms with Gasteiger partial charge in [0.1, 0.15) is 6.04 Å². The molecule has 0 aromatic heterocycles. The van der Waals surface area contributed by atoms with Crippen LogP contribution in [0, 0.1) is 35.5 Å². The summed E-state index contributed by atoms with van der Waals surface area (Å²) >= 11 is 6.07. The Bertz CT molecular complexity index is 1110. The van der Waals surface area contributed by atoms with Crippen molar-refractivity contribution in [1.82, 2.24) is 4.90 Å². The van der Waals surface area contributed by atoms with Crippen LogP contribution in [0.5, 0.6) is 0 Å². The molecule has 3 amide bonds. The third kappa shape index (κ3) is 3.02. The normalized spacial score (nSPS) is 32.5. The lowest BCUT2D eigenvalue weighted by molar-refractivity contribution is -0.146. The van der Waals surface area contributed by atoms with Gasteiger partial charge in [0, 0.05) is 17.1 Å². The molecular formula is C26H23ClN2O3. The number of rotatable bonds is 5. The van der Waals surface area contributed by atoms with E-state index in [4.69, 9.17) is 11.6 Å². The van der Waals surface area contributed by atoms with Crippen LogP contribution in [-0.2, 0) is 20.8 Å². The van der Waals surface area contributed by atoms with Crippen LogP contribution in [0.2, 0.25) is 5.02 Å². The van der Waals surface area contributed by atoms with E-state index in [0.717, 1.165) is 12.0 Å². The first-order valence-electron chi connectivity index (χ1n) is 11.2.